The van der Waals surface area contributed by atoms with E-state index in [4.69, 9.17) is 10.2 Å². The maximum absolute atomic E-state index is 11.1. The summed E-state index contributed by atoms with van der Waals surface area (Å²) in [6.07, 6.45) is 0. The van der Waals surface area contributed by atoms with Crippen LogP contribution in [0, 0.1) is 5.92 Å². The molecule has 2 unspecified atom stereocenters. The minimum Gasteiger partial charge on any atom is -0.480 e. The predicted octanol–water partition coefficient (Wildman–Crippen LogP) is 2.16. The molecule has 0 fully saturated rings. The number of aliphatic carboxylic acids is 2. The molecule has 0 aromatic heterocycles. The van der Waals surface area contributed by atoms with E-state index in [9.17, 15) is 23.3 Å². The summed E-state index contributed by atoms with van der Waals surface area (Å²) in [5.41, 5.74) is -3.19. The molecule has 0 radical (unpaired) electrons. The van der Waals surface area contributed by atoms with E-state index < -0.39 is 59.7 Å². The van der Waals surface area contributed by atoms with E-state index in [0.29, 0.717) is 0 Å². The Balaban J connectivity index is 5.76. The van der Waals surface area contributed by atoms with E-state index in [1.165, 1.54) is 13.8 Å². The van der Waals surface area contributed by atoms with Crippen LogP contribution in [0.5, 0.6) is 0 Å². The number of rotatable bonds is 8. The number of carbonyl (C=O) groups is 2. The lowest BCUT2D eigenvalue weighted by atomic mass is 9.87. The van der Waals surface area contributed by atoms with Crippen LogP contribution in [0.25, 0.3) is 0 Å². The van der Waals surface area contributed by atoms with Crippen molar-refractivity contribution in [2.75, 3.05) is 0 Å². The van der Waals surface area contributed by atoms with Gasteiger partial charge in [0.1, 0.15) is 11.3 Å². The Morgan fingerprint density at radius 1 is 0.944 bits per heavy atom. The van der Waals surface area contributed by atoms with Gasteiger partial charge in [0.05, 0.1) is 5.16 Å². The van der Waals surface area contributed by atoms with Crippen molar-refractivity contribution in [3.8, 4) is 0 Å². The first-order chi connectivity index (χ1) is 8.22. The lowest BCUT2D eigenvalue weighted by molar-refractivity contribution is -0.140. The first-order valence-electron chi connectivity index (χ1n) is 4.68. The maximum atomic E-state index is 11.1. The van der Waals surface area contributed by atoms with Gasteiger partial charge in [0.25, 0.3) is 0 Å². The molecule has 0 saturated heterocycles. The van der Waals surface area contributed by atoms with Gasteiger partial charge in [0.2, 0.25) is 0 Å². The molecule has 0 amide bonds. The Labute approximate surface area is 108 Å². The smallest absolute Gasteiger partial charge is 0.318 e. The summed E-state index contributed by atoms with van der Waals surface area (Å²) in [5.74, 6) is -4.31. The lowest BCUT2D eigenvalue weighted by Gasteiger charge is -2.31. The molecule has 0 aliphatic rings. The summed E-state index contributed by atoms with van der Waals surface area (Å²) in [5, 5.41) is 16.5. The van der Waals surface area contributed by atoms with Crippen molar-refractivity contribution in [1.29, 1.82) is 0 Å². The van der Waals surface area contributed by atoms with E-state index in [0.717, 1.165) is 0 Å². The van der Waals surface area contributed by atoms with Gasteiger partial charge >= 0.3 is 11.9 Å². The second-order valence-corrected chi connectivity index (χ2v) is 6.92. The second-order valence-electron chi connectivity index (χ2n) is 4.05. The van der Waals surface area contributed by atoms with Gasteiger partial charge < -0.3 is 10.2 Å². The van der Waals surface area contributed by atoms with Gasteiger partial charge in [-0.25, -0.2) is 0 Å². The largest absolute Gasteiger partial charge is 0.480 e. The molecule has 0 aliphatic carbocycles. The average Bonchev–Trinajstić information content (AvgIpc) is 2.28. The zero-order valence-corrected chi connectivity index (χ0v) is 12.2. The number of hydrogen-bond acceptors (Lipinski definition) is 5. The van der Waals surface area contributed by atoms with Crippen LogP contribution in [0.3, 0.4) is 0 Å². The Kier molecular flexibility index (Phi) is 6.69. The van der Waals surface area contributed by atoms with Crippen LogP contribution in [-0.2, 0) is 23.3 Å². The zero-order valence-electron chi connectivity index (χ0n) is 9.51. The molecule has 0 aromatic rings. The Morgan fingerprint density at radius 2 is 1.28 bits per heavy atom. The fraction of sp³-hybridized carbons (Fsp3) is 0.750. The fourth-order valence-corrected chi connectivity index (χ4v) is 3.86. The van der Waals surface area contributed by atoms with Crippen molar-refractivity contribution < 1.29 is 33.5 Å². The van der Waals surface area contributed by atoms with Crippen molar-refractivity contribution in [3.63, 3.8) is 0 Å². The molecule has 2 atom stereocenters. The molecule has 0 rings (SSSR count). The molecule has 2 N–H and O–H groups in total. The first kappa shape index (κ1) is 17.2. The number of carboxylic acids is 2. The molecule has 7 nitrogen and oxygen atoms in total. The highest BCUT2D eigenvalue weighted by Gasteiger charge is 2.49. The van der Waals surface area contributed by atoms with Crippen LogP contribution >= 0.6 is 25.4 Å². The van der Waals surface area contributed by atoms with Gasteiger partial charge in [-0.2, -0.15) is 0 Å². The highest BCUT2D eigenvalue weighted by Crippen LogP contribution is 2.42. The third kappa shape index (κ3) is 3.88. The van der Waals surface area contributed by atoms with Crippen LogP contribution < -0.4 is 0 Å². The number of hydrogen-bond donors (Lipinski definition) is 2. The molecule has 0 bridgehead atoms. The first-order valence-corrected chi connectivity index (χ1v) is 7.25. The van der Waals surface area contributed by atoms with Crippen LogP contribution in [0.4, 0.5) is 0 Å². The van der Waals surface area contributed by atoms with Gasteiger partial charge in [-0.1, -0.05) is 0 Å². The quantitative estimate of drug-likeness (QED) is 0.657. The van der Waals surface area contributed by atoms with Crippen molar-refractivity contribution in [1.82, 2.24) is 0 Å². The fourth-order valence-electron chi connectivity index (χ4n) is 1.53. The molecule has 0 aromatic carbocycles. The monoisotopic (exact) mass is 312 g/mol. The average molecular weight is 312 g/mol. The molecular formula is C8H11O7P3. The third-order valence-corrected chi connectivity index (χ3v) is 4.77. The maximum Gasteiger partial charge on any atom is 0.318 e. The molecule has 0 spiro atoms. The van der Waals surface area contributed by atoms with Gasteiger partial charge in [-0.05, 0) is 13.8 Å². The zero-order chi connectivity index (χ0) is 14.5. The lowest BCUT2D eigenvalue weighted by Crippen LogP contribution is -2.45. The highest BCUT2D eigenvalue weighted by atomic mass is 31.1. The van der Waals surface area contributed by atoms with Gasteiger partial charge in [-0.3, -0.25) is 23.3 Å². The van der Waals surface area contributed by atoms with E-state index in [1.54, 1.807) is 0 Å². The van der Waals surface area contributed by atoms with Crippen LogP contribution in [0.2, 0.25) is 0 Å². The highest BCUT2D eigenvalue weighted by molar-refractivity contribution is 7.29. The topological polar surface area (TPSA) is 126 Å². The van der Waals surface area contributed by atoms with E-state index in [1.807, 2.05) is 0 Å². The van der Waals surface area contributed by atoms with E-state index in [-0.39, 0.29) is 0 Å². The van der Waals surface area contributed by atoms with Crippen molar-refractivity contribution in [2.24, 2.45) is 5.92 Å². The SMILES string of the molecule is CC(C)(P=O)C(C(P=O)C(=O)O)C(P=O)C(=O)O. The van der Waals surface area contributed by atoms with Crippen LogP contribution in [-0.4, -0.2) is 38.6 Å². The minimum absolute atomic E-state index is 0.514. The molecule has 0 heterocycles. The molecule has 10 heteroatoms. The number of carboxylic acid groups (broad SMARTS) is 2. The summed E-state index contributed by atoms with van der Waals surface area (Å²) in [6, 6.07) is 0. The van der Waals surface area contributed by atoms with Crippen molar-refractivity contribution in [3.05, 3.63) is 0 Å². The van der Waals surface area contributed by atoms with Crippen LogP contribution in [0.1, 0.15) is 13.8 Å². The molecule has 0 saturated carbocycles. The normalized spacial score (nSPS) is 17.4. The van der Waals surface area contributed by atoms with Crippen molar-refractivity contribution >= 4 is 37.3 Å². The van der Waals surface area contributed by atoms with Gasteiger partial charge in [0.15, 0.2) is 25.4 Å². The Hall–Kier alpha value is -0.760. The molecular weight excluding hydrogens is 301 g/mol. The molecule has 0 aliphatic heterocycles. The summed E-state index contributed by atoms with van der Waals surface area (Å²) in [4.78, 5) is 21.9. The summed E-state index contributed by atoms with van der Waals surface area (Å²) >= 11 is 0. The van der Waals surface area contributed by atoms with Gasteiger partial charge in [0, 0.05) is 5.92 Å². The summed E-state index contributed by atoms with van der Waals surface area (Å²) < 4.78 is 32.9. The summed E-state index contributed by atoms with van der Waals surface area (Å²) in [7, 11) is -2.15. The minimum atomic E-state index is -1.59. The van der Waals surface area contributed by atoms with Crippen LogP contribution in [0.15, 0.2) is 0 Å². The standard InChI is InChI=1S/C8H11O7P3/c1-8(2,18-15)3(4(16-13)6(9)10)5(17-14)7(11)12/h3-5H,1-2H3,(H,9,10)(H,11,12). The Morgan fingerprint density at radius 3 is 1.44 bits per heavy atom. The predicted molar refractivity (Wildman–Crippen MR) is 63.2 cm³/mol. The van der Waals surface area contributed by atoms with Gasteiger partial charge in [-0.15, -0.1) is 0 Å². The summed E-state index contributed by atoms with van der Waals surface area (Å²) in [6.45, 7) is 2.71. The second kappa shape index (κ2) is 6.98. The third-order valence-electron chi connectivity index (χ3n) is 2.46. The van der Waals surface area contributed by atoms with Crippen molar-refractivity contribution in [2.45, 2.75) is 30.3 Å². The molecule has 18 heavy (non-hydrogen) atoms. The van der Waals surface area contributed by atoms with E-state index >= 15 is 0 Å². The van der Waals surface area contributed by atoms with E-state index in [2.05, 4.69) is 0 Å². The molecule has 100 valence electrons. The Bertz CT molecular complexity index is 355.